The van der Waals surface area contributed by atoms with E-state index in [2.05, 4.69) is 27.7 Å². The first-order chi connectivity index (χ1) is 14.2. The smallest absolute Gasteiger partial charge is 0.309 e. The molecule has 0 saturated carbocycles. The van der Waals surface area contributed by atoms with E-state index in [0.29, 0.717) is 25.4 Å². The van der Waals surface area contributed by atoms with E-state index in [4.69, 9.17) is 9.47 Å². The molecule has 154 valence electrons. The molecule has 2 aromatic rings. The average molecular weight is 397 g/mol. The van der Waals surface area contributed by atoms with E-state index in [0.717, 1.165) is 24.2 Å². The number of hydrogen-bond donors (Lipinski definition) is 2. The summed E-state index contributed by atoms with van der Waals surface area (Å²) in [5.74, 6) is -0.610. The lowest BCUT2D eigenvalue weighted by Gasteiger charge is -2.33. The van der Waals surface area contributed by atoms with Crippen molar-refractivity contribution in [2.45, 2.75) is 12.6 Å². The zero-order valence-electron chi connectivity index (χ0n) is 16.6. The fourth-order valence-corrected chi connectivity index (χ4v) is 3.29. The fraction of sp³-hybridized carbons (Fsp3) is 0.364. The summed E-state index contributed by atoms with van der Waals surface area (Å²) in [6.45, 7) is 3.52. The summed E-state index contributed by atoms with van der Waals surface area (Å²) < 4.78 is 11.1. The van der Waals surface area contributed by atoms with Crippen molar-refractivity contribution in [1.82, 2.24) is 15.5 Å². The number of methoxy groups -OCH3 is 1. The Hall–Kier alpha value is -2.90. The van der Waals surface area contributed by atoms with E-state index in [1.807, 2.05) is 42.5 Å². The topological polar surface area (TPSA) is 79.9 Å². The van der Waals surface area contributed by atoms with Gasteiger partial charge >= 0.3 is 11.8 Å². The first-order valence-electron chi connectivity index (χ1n) is 9.74. The molecule has 1 heterocycles. The van der Waals surface area contributed by atoms with Crippen molar-refractivity contribution in [3.8, 4) is 5.75 Å². The van der Waals surface area contributed by atoms with Crippen LogP contribution in [0.2, 0.25) is 0 Å². The van der Waals surface area contributed by atoms with Crippen LogP contribution in [0.25, 0.3) is 0 Å². The maximum Gasteiger partial charge on any atom is 0.309 e. The zero-order chi connectivity index (χ0) is 20.5. The highest BCUT2D eigenvalue weighted by Crippen LogP contribution is 2.21. The Morgan fingerprint density at radius 2 is 1.79 bits per heavy atom. The molecule has 2 amide bonds. The predicted octanol–water partition coefficient (Wildman–Crippen LogP) is 1.50. The van der Waals surface area contributed by atoms with Crippen LogP contribution >= 0.6 is 0 Å². The minimum Gasteiger partial charge on any atom is -0.496 e. The van der Waals surface area contributed by atoms with Crippen LogP contribution in [0, 0.1) is 0 Å². The molecule has 0 aliphatic carbocycles. The van der Waals surface area contributed by atoms with Crippen LogP contribution in [0.4, 0.5) is 0 Å². The van der Waals surface area contributed by atoms with Gasteiger partial charge in [0.05, 0.1) is 19.8 Å². The lowest BCUT2D eigenvalue weighted by atomic mass is 10.1. The molecule has 0 aromatic heterocycles. The van der Waals surface area contributed by atoms with Gasteiger partial charge in [-0.15, -0.1) is 0 Å². The number of morpholine rings is 1. The Balaban J connectivity index is 1.39. The molecule has 1 aliphatic rings. The number of rotatable bonds is 7. The van der Waals surface area contributed by atoms with Crippen LogP contribution in [0.15, 0.2) is 54.6 Å². The standard InChI is InChI=1S/C22H27N3O4/c1-28-19-10-6-5-9-18(19)15-24-22(27)21(26)23-11-12-25-13-14-29-20(16-25)17-7-3-2-4-8-17/h2-10,20H,11-16H2,1H3,(H,23,26)(H,24,27)/t20-/m0/s1. The molecule has 7 nitrogen and oxygen atoms in total. The molecule has 7 heteroatoms. The number of carbonyl (C=O) groups excluding carboxylic acids is 2. The minimum absolute atomic E-state index is 0.0322. The average Bonchev–Trinajstić information content (AvgIpc) is 2.78. The van der Waals surface area contributed by atoms with Gasteiger partial charge in [-0.25, -0.2) is 0 Å². The highest BCUT2D eigenvalue weighted by molar-refractivity contribution is 6.35. The second kappa shape index (κ2) is 10.6. The van der Waals surface area contributed by atoms with Crippen LogP contribution < -0.4 is 15.4 Å². The van der Waals surface area contributed by atoms with Gasteiger partial charge in [-0.05, 0) is 11.6 Å². The molecule has 0 unspecified atom stereocenters. The molecule has 1 atom stereocenters. The van der Waals surface area contributed by atoms with Crippen LogP contribution in [-0.2, 0) is 20.9 Å². The number of nitrogens with zero attached hydrogens (tertiary/aromatic N) is 1. The third-order valence-electron chi connectivity index (χ3n) is 4.87. The summed E-state index contributed by atoms with van der Waals surface area (Å²) in [6, 6.07) is 17.5. The van der Waals surface area contributed by atoms with Gasteiger partial charge < -0.3 is 20.1 Å². The molecule has 2 N–H and O–H groups in total. The molecule has 29 heavy (non-hydrogen) atoms. The highest BCUT2D eigenvalue weighted by atomic mass is 16.5. The normalized spacial score (nSPS) is 16.8. The maximum atomic E-state index is 12.0. The third kappa shape index (κ3) is 6.04. The number of carbonyl (C=O) groups is 2. The molecule has 0 spiro atoms. The highest BCUT2D eigenvalue weighted by Gasteiger charge is 2.22. The molecule has 1 saturated heterocycles. The minimum atomic E-state index is -0.653. The quantitative estimate of drug-likeness (QED) is 0.693. The molecule has 1 fully saturated rings. The van der Waals surface area contributed by atoms with Crippen molar-refractivity contribution in [3.05, 3.63) is 65.7 Å². The molecule has 3 rings (SSSR count). The summed E-state index contributed by atoms with van der Waals surface area (Å²) in [7, 11) is 1.57. The lowest BCUT2D eigenvalue weighted by Crippen LogP contribution is -2.45. The summed E-state index contributed by atoms with van der Waals surface area (Å²) in [4.78, 5) is 26.3. The largest absolute Gasteiger partial charge is 0.496 e. The lowest BCUT2D eigenvalue weighted by molar-refractivity contribution is -0.139. The number of nitrogens with one attached hydrogen (secondary N) is 2. The van der Waals surface area contributed by atoms with Gasteiger partial charge in [0.2, 0.25) is 0 Å². The Morgan fingerprint density at radius 1 is 1.07 bits per heavy atom. The van der Waals surface area contributed by atoms with E-state index in [1.165, 1.54) is 0 Å². The van der Waals surface area contributed by atoms with Gasteiger partial charge in [0, 0.05) is 38.3 Å². The van der Waals surface area contributed by atoms with Crippen LogP contribution in [-0.4, -0.2) is 56.6 Å². The first kappa shape index (κ1) is 20.8. The Bertz CT molecular complexity index is 813. The summed E-state index contributed by atoms with van der Waals surface area (Å²) in [6.07, 6.45) is 0.0322. The second-order valence-corrected chi connectivity index (χ2v) is 6.82. The van der Waals surface area contributed by atoms with Gasteiger partial charge in [0.1, 0.15) is 5.75 Å². The Morgan fingerprint density at radius 3 is 2.59 bits per heavy atom. The van der Waals surface area contributed by atoms with Gasteiger partial charge in [0.15, 0.2) is 0 Å². The SMILES string of the molecule is COc1ccccc1CNC(=O)C(=O)NCCN1CCO[C@H](c2ccccc2)C1. The van der Waals surface area contributed by atoms with Crippen molar-refractivity contribution in [2.75, 3.05) is 39.9 Å². The van der Waals surface area contributed by atoms with E-state index < -0.39 is 11.8 Å². The van der Waals surface area contributed by atoms with Gasteiger partial charge in [-0.1, -0.05) is 48.5 Å². The van der Waals surface area contributed by atoms with Crippen molar-refractivity contribution in [2.24, 2.45) is 0 Å². The summed E-state index contributed by atoms with van der Waals surface area (Å²) in [5, 5.41) is 5.31. The van der Waals surface area contributed by atoms with Gasteiger partial charge in [-0.3, -0.25) is 14.5 Å². The number of amides is 2. The molecule has 1 aliphatic heterocycles. The van der Waals surface area contributed by atoms with Crippen molar-refractivity contribution >= 4 is 11.8 Å². The summed E-state index contributed by atoms with van der Waals surface area (Å²) in [5.41, 5.74) is 1.97. The van der Waals surface area contributed by atoms with Crippen LogP contribution in [0.5, 0.6) is 5.75 Å². The first-order valence-corrected chi connectivity index (χ1v) is 9.74. The molecular formula is C22H27N3O4. The zero-order valence-corrected chi connectivity index (χ0v) is 16.6. The number of para-hydroxylation sites is 1. The molecular weight excluding hydrogens is 370 g/mol. The second-order valence-electron chi connectivity index (χ2n) is 6.82. The Kier molecular flexibility index (Phi) is 7.61. The molecule has 0 radical (unpaired) electrons. The molecule has 2 aromatic carbocycles. The number of benzene rings is 2. The maximum absolute atomic E-state index is 12.0. The van der Waals surface area contributed by atoms with Gasteiger partial charge in [0.25, 0.3) is 0 Å². The van der Waals surface area contributed by atoms with E-state index in [9.17, 15) is 9.59 Å². The van der Waals surface area contributed by atoms with Crippen LogP contribution in [0.1, 0.15) is 17.2 Å². The van der Waals surface area contributed by atoms with Crippen molar-refractivity contribution in [1.29, 1.82) is 0 Å². The number of ether oxygens (including phenoxy) is 2. The predicted molar refractivity (Wildman–Crippen MR) is 109 cm³/mol. The van der Waals surface area contributed by atoms with Crippen molar-refractivity contribution < 1.29 is 19.1 Å². The molecule has 0 bridgehead atoms. The Labute approximate surface area is 171 Å². The monoisotopic (exact) mass is 397 g/mol. The fourth-order valence-electron chi connectivity index (χ4n) is 3.29. The van der Waals surface area contributed by atoms with E-state index in [1.54, 1.807) is 7.11 Å². The number of hydrogen-bond acceptors (Lipinski definition) is 5. The van der Waals surface area contributed by atoms with Gasteiger partial charge in [-0.2, -0.15) is 0 Å². The third-order valence-corrected chi connectivity index (χ3v) is 4.87. The van der Waals surface area contributed by atoms with Crippen molar-refractivity contribution in [3.63, 3.8) is 0 Å². The summed E-state index contributed by atoms with van der Waals surface area (Å²) >= 11 is 0. The van der Waals surface area contributed by atoms with E-state index >= 15 is 0 Å². The van der Waals surface area contributed by atoms with E-state index in [-0.39, 0.29) is 12.6 Å². The van der Waals surface area contributed by atoms with Crippen LogP contribution in [0.3, 0.4) is 0 Å².